The number of aromatic nitrogens is 1. The van der Waals surface area contributed by atoms with E-state index in [0.29, 0.717) is 0 Å². The first-order valence-corrected chi connectivity index (χ1v) is 7.00. The van der Waals surface area contributed by atoms with Gasteiger partial charge in [-0.1, -0.05) is 0 Å². The van der Waals surface area contributed by atoms with Crippen LogP contribution in [-0.4, -0.2) is 31.2 Å². The fourth-order valence-corrected chi connectivity index (χ4v) is 2.64. The average Bonchev–Trinajstić information content (AvgIpc) is 2.48. The van der Waals surface area contributed by atoms with Gasteiger partial charge in [0.1, 0.15) is 0 Å². The van der Waals surface area contributed by atoms with Crippen LogP contribution in [0, 0.1) is 6.92 Å². The summed E-state index contributed by atoms with van der Waals surface area (Å²) in [5, 5.41) is 0. The Hall–Kier alpha value is -2.23. The van der Waals surface area contributed by atoms with E-state index in [0.717, 1.165) is 37.6 Å². The normalized spacial score (nSPS) is 15.4. The van der Waals surface area contributed by atoms with Crippen LogP contribution < -0.4 is 15.5 Å². The van der Waals surface area contributed by atoms with Gasteiger partial charge in [-0.15, -0.1) is 0 Å². The number of rotatable bonds is 2. The van der Waals surface area contributed by atoms with E-state index in [1.807, 2.05) is 25.3 Å². The standard InChI is InChI=1S/C16H20N4/c1-13-12-16(6-7-18-13)20-10-8-19(9-11-20)15-4-2-14(17)3-5-15/h2-7,12H,8-11,17H2,1H3. The Labute approximate surface area is 119 Å². The van der Waals surface area contributed by atoms with Crippen molar-refractivity contribution in [1.29, 1.82) is 0 Å². The van der Waals surface area contributed by atoms with E-state index >= 15 is 0 Å². The number of hydrogen-bond donors (Lipinski definition) is 1. The molecule has 1 aromatic heterocycles. The van der Waals surface area contributed by atoms with Gasteiger partial charge in [-0.25, -0.2) is 0 Å². The van der Waals surface area contributed by atoms with Crippen molar-refractivity contribution in [2.75, 3.05) is 41.7 Å². The lowest BCUT2D eigenvalue weighted by Crippen LogP contribution is -2.46. The predicted molar refractivity (Wildman–Crippen MR) is 84.3 cm³/mol. The summed E-state index contributed by atoms with van der Waals surface area (Å²) in [5.74, 6) is 0. The van der Waals surface area contributed by atoms with Crippen LogP contribution in [-0.2, 0) is 0 Å². The van der Waals surface area contributed by atoms with Crippen molar-refractivity contribution >= 4 is 17.1 Å². The zero-order valence-electron chi connectivity index (χ0n) is 11.8. The van der Waals surface area contributed by atoms with E-state index in [-0.39, 0.29) is 0 Å². The van der Waals surface area contributed by atoms with Gasteiger partial charge in [0, 0.05) is 55.1 Å². The first-order chi connectivity index (χ1) is 9.72. The van der Waals surface area contributed by atoms with Crippen molar-refractivity contribution < 1.29 is 0 Å². The largest absolute Gasteiger partial charge is 0.399 e. The van der Waals surface area contributed by atoms with E-state index < -0.39 is 0 Å². The molecule has 1 aliphatic heterocycles. The number of hydrogen-bond acceptors (Lipinski definition) is 4. The van der Waals surface area contributed by atoms with Crippen molar-refractivity contribution in [2.45, 2.75) is 6.92 Å². The number of anilines is 3. The average molecular weight is 268 g/mol. The Bertz CT molecular complexity index is 571. The summed E-state index contributed by atoms with van der Waals surface area (Å²) >= 11 is 0. The van der Waals surface area contributed by atoms with E-state index in [1.165, 1.54) is 11.4 Å². The summed E-state index contributed by atoms with van der Waals surface area (Å²) in [6.07, 6.45) is 1.89. The maximum atomic E-state index is 5.74. The molecule has 0 bridgehead atoms. The number of nitrogens with two attached hydrogens (primary N) is 1. The second kappa shape index (κ2) is 5.41. The highest BCUT2D eigenvalue weighted by molar-refractivity contribution is 5.55. The lowest BCUT2D eigenvalue weighted by Gasteiger charge is -2.37. The first-order valence-electron chi connectivity index (χ1n) is 7.00. The van der Waals surface area contributed by atoms with E-state index in [4.69, 9.17) is 5.73 Å². The Morgan fingerprint density at radius 3 is 2.10 bits per heavy atom. The van der Waals surface area contributed by atoms with Crippen LogP contribution in [0.4, 0.5) is 17.1 Å². The quantitative estimate of drug-likeness (QED) is 0.849. The second-order valence-electron chi connectivity index (χ2n) is 5.22. The van der Waals surface area contributed by atoms with Crippen LogP contribution in [0.5, 0.6) is 0 Å². The monoisotopic (exact) mass is 268 g/mol. The van der Waals surface area contributed by atoms with Gasteiger partial charge in [-0.2, -0.15) is 0 Å². The molecule has 2 N–H and O–H groups in total. The SMILES string of the molecule is Cc1cc(N2CCN(c3ccc(N)cc3)CC2)ccn1. The lowest BCUT2D eigenvalue weighted by molar-refractivity contribution is 0.653. The van der Waals surface area contributed by atoms with Gasteiger partial charge in [0.2, 0.25) is 0 Å². The molecule has 0 spiro atoms. The zero-order chi connectivity index (χ0) is 13.9. The third-order valence-electron chi connectivity index (χ3n) is 3.78. The van der Waals surface area contributed by atoms with E-state index in [2.05, 4.69) is 39.0 Å². The van der Waals surface area contributed by atoms with Gasteiger partial charge in [0.25, 0.3) is 0 Å². The molecular formula is C16H20N4. The topological polar surface area (TPSA) is 45.4 Å². The molecule has 0 amide bonds. The van der Waals surface area contributed by atoms with Crippen LogP contribution >= 0.6 is 0 Å². The second-order valence-corrected chi connectivity index (χ2v) is 5.22. The molecule has 4 nitrogen and oxygen atoms in total. The van der Waals surface area contributed by atoms with Gasteiger partial charge in [0.05, 0.1) is 0 Å². The predicted octanol–water partition coefficient (Wildman–Crippen LogP) is 2.30. The highest BCUT2D eigenvalue weighted by atomic mass is 15.3. The molecule has 1 fully saturated rings. The van der Waals surface area contributed by atoms with Crippen molar-refractivity contribution in [3.05, 3.63) is 48.3 Å². The van der Waals surface area contributed by atoms with Crippen LogP contribution in [0.3, 0.4) is 0 Å². The van der Waals surface area contributed by atoms with Crippen LogP contribution in [0.2, 0.25) is 0 Å². The van der Waals surface area contributed by atoms with Crippen LogP contribution in [0.25, 0.3) is 0 Å². The van der Waals surface area contributed by atoms with Gasteiger partial charge >= 0.3 is 0 Å². The number of nitrogens with zero attached hydrogens (tertiary/aromatic N) is 3. The molecule has 2 heterocycles. The molecule has 1 aliphatic rings. The summed E-state index contributed by atoms with van der Waals surface area (Å²) in [4.78, 5) is 9.08. The Morgan fingerprint density at radius 1 is 0.900 bits per heavy atom. The fourth-order valence-electron chi connectivity index (χ4n) is 2.64. The molecule has 0 saturated carbocycles. The van der Waals surface area contributed by atoms with E-state index in [1.54, 1.807) is 0 Å². The maximum absolute atomic E-state index is 5.74. The van der Waals surface area contributed by atoms with Crippen molar-refractivity contribution in [1.82, 2.24) is 4.98 Å². The summed E-state index contributed by atoms with van der Waals surface area (Å²) in [6.45, 7) is 6.17. The number of aryl methyl sites for hydroxylation is 1. The summed E-state index contributed by atoms with van der Waals surface area (Å²) in [7, 11) is 0. The molecule has 1 aromatic carbocycles. The molecule has 0 aliphatic carbocycles. The van der Waals surface area contributed by atoms with Gasteiger partial charge in [0.15, 0.2) is 0 Å². The van der Waals surface area contributed by atoms with Gasteiger partial charge in [-0.05, 0) is 43.3 Å². The third-order valence-corrected chi connectivity index (χ3v) is 3.78. The zero-order valence-corrected chi connectivity index (χ0v) is 11.8. The Morgan fingerprint density at radius 2 is 1.50 bits per heavy atom. The summed E-state index contributed by atoms with van der Waals surface area (Å²) < 4.78 is 0. The van der Waals surface area contributed by atoms with E-state index in [9.17, 15) is 0 Å². The highest BCUT2D eigenvalue weighted by Gasteiger charge is 2.17. The molecular weight excluding hydrogens is 248 g/mol. The molecule has 1 saturated heterocycles. The van der Waals surface area contributed by atoms with Gasteiger partial charge < -0.3 is 15.5 Å². The molecule has 4 heteroatoms. The Balaban J connectivity index is 1.66. The minimum atomic E-state index is 0.819. The smallest absolute Gasteiger partial charge is 0.0401 e. The molecule has 0 atom stereocenters. The highest BCUT2D eigenvalue weighted by Crippen LogP contribution is 2.21. The minimum Gasteiger partial charge on any atom is -0.399 e. The molecule has 0 unspecified atom stereocenters. The molecule has 104 valence electrons. The number of nitrogen functional groups attached to an aromatic ring is 1. The van der Waals surface area contributed by atoms with Crippen LogP contribution in [0.15, 0.2) is 42.6 Å². The lowest BCUT2D eigenvalue weighted by atomic mass is 10.2. The first kappa shape index (κ1) is 12.8. The van der Waals surface area contributed by atoms with Crippen molar-refractivity contribution in [3.63, 3.8) is 0 Å². The van der Waals surface area contributed by atoms with Crippen molar-refractivity contribution in [3.8, 4) is 0 Å². The number of piperazine rings is 1. The number of pyridine rings is 1. The van der Waals surface area contributed by atoms with Crippen molar-refractivity contribution in [2.24, 2.45) is 0 Å². The third kappa shape index (κ3) is 2.69. The molecule has 3 rings (SSSR count). The molecule has 20 heavy (non-hydrogen) atoms. The molecule has 2 aromatic rings. The number of benzene rings is 1. The minimum absolute atomic E-state index is 0.819. The maximum Gasteiger partial charge on any atom is 0.0401 e. The Kier molecular flexibility index (Phi) is 3.46. The summed E-state index contributed by atoms with van der Waals surface area (Å²) in [5.41, 5.74) is 10.2. The van der Waals surface area contributed by atoms with Gasteiger partial charge in [-0.3, -0.25) is 4.98 Å². The van der Waals surface area contributed by atoms with Crippen LogP contribution in [0.1, 0.15) is 5.69 Å². The molecule has 0 radical (unpaired) electrons. The fraction of sp³-hybridized carbons (Fsp3) is 0.312. The summed E-state index contributed by atoms with van der Waals surface area (Å²) in [6, 6.07) is 12.4.